The second-order valence-corrected chi connectivity index (χ2v) is 3.66. The maximum Gasteiger partial charge on any atom is 0.337 e. The number of rotatable bonds is 5. The van der Waals surface area contributed by atoms with Crippen molar-refractivity contribution in [1.82, 2.24) is 4.98 Å². The van der Waals surface area contributed by atoms with Gasteiger partial charge < -0.3 is 14.8 Å². The zero-order valence-electron chi connectivity index (χ0n) is 10.3. The van der Waals surface area contributed by atoms with Crippen molar-refractivity contribution >= 4 is 11.9 Å². The first-order valence-corrected chi connectivity index (χ1v) is 5.63. The summed E-state index contributed by atoms with van der Waals surface area (Å²) in [5, 5.41) is 9.05. The van der Waals surface area contributed by atoms with Crippen molar-refractivity contribution in [2.45, 2.75) is 26.7 Å². The molecule has 2 N–H and O–H groups in total. The molecule has 0 spiro atoms. The average Bonchev–Trinajstić information content (AvgIpc) is 2.29. The molecule has 18 heavy (non-hydrogen) atoms. The molecular formula is C12H15NO5. The third-order valence-electron chi connectivity index (χ3n) is 2.44. The molecule has 1 aromatic heterocycles. The van der Waals surface area contributed by atoms with Gasteiger partial charge in [-0.1, -0.05) is 6.92 Å². The number of hydrogen-bond acceptors (Lipinski definition) is 4. The number of carbonyl (C=O) groups is 2. The van der Waals surface area contributed by atoms with Gasteiger partial charge >= 0.3 is 11.9 Å². The van der Waals surface area contributed by atoms with Gasteiger partial charge in [0.15, 0.2) is 0 Å². The number of carboxylic acids is 1. The minimum absolute atomic E-state index is 0.0699. The van der Waals surface area contributed by atoms with Crippen LogP contribution < -0.4 is 5.56 Å². The van der Waals surface area contributed by atoms with E-state index in [4.69, 9.17) is 9.84 Å². The highest BCUT2D eigenvalue weighted by molar-refractivity contribution is 5.90. The van der Waals surface area contributed by atoms with E-state index < -0.39 is 11.9 Å². The third-order valence-corrected chi connectivity index (χ3v) is 2.44. The van der Waals surface area contributed by atoms with Crippen molar-refractivity contribution < 1.29 is 19.4 Å². The lowest BCUT2D eigenvalue weighted by Gasteiger charge is -2.07. The Morgan fingerprint density at radius 1 is 1.39 bits per heavy atom. The Morgan fingerprint density at radius 3 is 2.56 bits per heavy atom. The summed E-state index contributed by atoms with van der Waals surface area (Å²) in [5.74, 6) is -1.75. The molecule has 0 aliphatic rings. The maximum atomic E-state index is 11.6. The monoisotopic (exact) mass is 253 g/mol. The summed E-state index contributed by atoms with van der Waals surface area (Å²) in [7, 11) is 0. The highest BCUT2D eigenvalue weighted by Crippen LogP contribution is 2.08. The fourth-order valence-electron chi connectivity index (χ4n) is 1.56. The van der Waals surface area contributed by atoms with Crippen LogP contribution >= 0.6 is 0 Å². The van der Waals surface area contributed by atoms with Crippen LogP contribution in [0.5, 0.6) is 0 Å². The molecule has 0 aliphatic carbocycles. The molecule has 0 unspecified atom stereocenters. The Morgan fingerprint density at radius 2 is 2.06 bits per heavy atom. The van der Waals surface area contributed by atoms with Crippen molar-refractivity contribution in [3.05, 3.63) is 33.2 Å². The normalized spacial score (nSPS) is 10.1. The molecule has 0 saturated heterocycles. The van der Waals surface area contributed by atoms with Crippen LogP contribution in [0.4, 0.5) is 0 Å². The fourth-order valence-corrected chi connectivity index (χ4v) is 1.56. The van der Waals surface area contributed by atoms with Gasteiger partial charge in [0, 0.05) is 11.3 Å². The predicted molar refractivity (Wildman–Crippen MR) is 63.7 cm³/mol. The summed E-state index contributed by atoms with van der Waals surface area (Å²) in [6.45, 7) is 3.61. The molecule has 6 nitrogen and oxygen atoms in total. The first kappa shape index (κ1) is 14.0. The lowest BCUT2D eigenvalue weighted by atomic mass is 10.1. The van der Waals surface area contributed by atoms with Crippen LogP contribution in [0.2, 0.25) is 0 Å². The van der Waals surface area contributed by atoms with Crippen LogP contribution in [0.15, 0.2) is 10.9 Å². The number of nitrogens with one attached hydrogen (secondary N) is 1. The van der Waals surface area contributed by atoms with Crippen LogP contribution in [-0.4, -0.2) is 28.6 Å². The predicted octanol–water partition coefficient (Wildman–Crippen LogP) is 0.741. The number of aromatic nitrogens is 1. The molecule has 0 saturated carbocycles. The van der Waals surface area contributed by atoms with E-state index in [0.29, 0.717) is 12.0 Å². The lowest BCUT2D eigenvalue weighted by molar-refractivity contribution is -0.142. The van der Waals surface area contributed by atoms with Crippen molar-refractivity contribution in [3.63, 3.8) is 0 Å². The van der Waals surface area contributed by atoms with Crippen LogP contribution in [-0.2, 0) is 22.4 Å². The van der Waals surface area contributed by atoms with Crippen LogP contribution in [0.3, 0.4) is 0 Å². The van der Waals surface area contributed by atoms with Crippen molar-refractivity contribution in [3.8, 4) is 0 Å². The number of carboxylic acid groups (broad SMARTS) is 1. The maximum absolute atomic E-state index is 11.6. The van der Waals surface area contributed by atoms with Crippen LogP contribution in [0, 0.1) is 0 Å². The van der Waals surface area contributed by atoms with E-state index in [1.807, 2.05) is 0 Å². The van der Waals surface area contributed by atoms with Gasteiger partial charge in [-0.2, -0.15) is 0 Å². The second kappa shape index (κ2) is 6.00. The average molecular weight is 253 g/mol. The number of ether oxygens (including phenoxy) is 1. The minimum Gasteiger partial charge on any atom is -0.478 e. The molecule has 6 heteroatoms. The van der Waals surface area contributed by atoms with Crippen molar-refractivity contribution in [2.75, 3.05) is 6.61 Å². The molecule has 1 rings (SSSR count). The molecule has 0 amide bonds. The third kappa shape index (κ3) is 3.19. The smallest absolute Gasteiger partial charge is 0.337 e. The van der Waals surface area contributed by atoms with Crippen LogP contribution in [0.1, 0.15) is 35.5 Å². The Labute approximate surface area is 104 Å². The van der Waals surface area contributed by atoms with Gasteiger partial charge in [0.05, 0.1) is 18.6 Å². The van der Waals surface area contributed by atoms with Crippen molar-refractivity contribution in [2.24, 2.45) is 0 Å². The Kier molecular flexibility index (Phi) is 4.65. The van der Waals surface area contributed by atoms with E-state index in [9.17, 15) is 14.4 Å². The topological polar surface area (TPSA) is 96.5 Å². The molecule has 1 heterocycles. The summed E-state index contributed by atoms with van der Waals surface area (Å²) >= 11 is 0. The zero-order chi connectivity index (χ0) is 13.7. The van der Waals surface area contributed by atoms with E-state index in [-0.39, 0.29) is 29.8 Å². The molecule has 0 aliphatic heterocycles. The summed E-state index contributed by atoms with van der Waals surface area (Å²) in [5.41, 5.74) is 0.00413. The number of esters is 1. The minimum atomic E-state index is -1.18. The van der Waals surface area contributed by atoms with E-state index in [1.165, 1.54) is 6.07 Å². The lowest BCUT2D eigenvalue weighted by Crippen LogP contribution is -2.21. The number of pyridine rings is 1. The molecule has 0 bridgehead atoms. The summed E-state index contributed by atoms with van der Waals surface area (Å²) in [4.78, 5) is 36.4. The van der Waals surface area contributed by atoms with Gasteiger partial charge in [0.1, 0.15) is 0 Å². The molecule has 0 fully saturated rings. The first-order valence-electron chi connectivity index (χ1n) is 5.63. The highest BCUT2D eigenvalue weighted by Gasteiger charge is 2.16. The SMILES string of the molecule is CCOC(=O)Cc1[nH]c(=O)c(CC)cc1C(=O)O. The number of aromatic amines is 1. The Balaban J connectivity index is 3.17. The molecule has 98 valence electrons. The molecule has 0 radical (unpaired) electrons. The number of H-pyrrole nitrogens is 1. The summed E-state index contributed by atoms with van der Waals surface area (Å²) in [6, 6.07) is 1.30. The molecular weight excluding hydrogens is 238 g/mol. The number of aryl methyl sites for hydroxylation is 1. The summed E-state index contributed by atoms with van der Waals surface area (Å²) in [6.07, 6.45) is 0.171. The van der Waals surface area contributed by atoms with Gasteiger partial charge in [-0.25, -0.2) is 4.79 Å². The van der Waals surface area contributed by atoms with Gasteiger partial charge in [0.25, 0.3) is 5.56 Å². The number of carbonyl (C=O) groups excluding carboxylic acids is 1. The highest BCUT2D eigenvalue weighted by atomic mass is 16.5. The number of hydrogen-bond donors (Lipinski definition) is 2. The van der Waals surface area contributed by atoms with E-state index in [0.717, 1.165) is 0 Å². The van der Waals surface area contributed by atoms with Gasteiger partial charge in [-0.15, -0.1) is 0 Å². The first-order chi connectivity index (χ1) is 8.49. The van der Waals surface area contributed by atoms with Gasteiger partial charge in [-0.05, 0) is 19.4 Å². The number of aromatic carboxylic acids is 1. The Bertz CT molecular complexity index is 518. The fraction of sp³-hybridized carbons (Fsp3) is 0.417. The van der Waals surface area contributed by atoms with E-state index in [1.54, 1.807) is 13.8 Å². The largest absolute Gasteiger partial charge is 0.478 e. The van der Waals surface area contributed by atoms with E-state index >= 15 is 0 Å². The summed E-state index contributed by atoms with van der Waals surface area (Å²) < 4.78 is 4.72. The second-order valence-electron chi connectivity index (χ2n) is 3.66. The van der Waals surface area contributed by atoms with Gasteiger partial charge in [0.2, 0.25) is 0 Å². The van der Waals surface area contributed by atoms with Gasteiger partial charge in [-0.3, -0.25) is 9.59 Å². The standard InChI is InChI=1S/C12H15NO5/c1-3-7-5-8(12(16)17)9(13-11(7)15)6-10(14)18-4-2/h5H,3-4,6H2,1-2H3,(H,13,15)(H,16,17). The van der Waals surface area contributed by atoms with Crippen molar-refractivity contribution in [1.29, 1.82) is 0 Å². The molecule has 0 atom stereocenters. The molecule has 1 aromatic rings. The Hall–Kier alpha value is -2.11. The quantitative estimate of drug-likeness (QED) is 0.754. The van der Waals surface area contributed by atoms with E-state index in [2.05, 4.69) is 4.98 Å². The zero-order valence-corrected chi connectivity index (χ0v) is 10.3. The van der Waals surface area contributed by atoms with Crippen LogP contribution in [0.25, 0.3) is 0 Å². The molecule has 0 aromatic carbocycles.